The molecular weight excluding hydrogens is 980 g/mol. The predicted molar refractivity (Wildman–Crippen MR) is 244 cm³/mol. The Kier molecular flexibility index (Phi) is 22.6. The summed E-state index contributed by atoms with van der Waals surface area (Å²) in [6.07, 6.45) is -14.1. The minimum Gasteiger partial charge on any atom is -0.354 e. The number of hydrogen-bond donors (Lipinski definition) is 9. The summed E-state index contributed by atoms with van der Waals surface area (Å²) in [5, 5.41) is 19.6. The smallest absolute Gasteiger partial charge is 0.354 e. The molecule has 2 aliphatic carbocycles. The highest BCUT2D eigenvalue weighted by Crippen LogP contribution is 2.33. The number of halogens is 9. The van der Waals surface area contributed by atoms with E-state index in [0.717, 1.165) is 79.1 Å². The van der Waals surface area contributed by atoms with Crippen molar-refractivity contribution in [3.63, 3.8) is 0 Å². The first kappa shape index (κ1) is 63.2. The van der Waals surface area contributed by atoms with Crippen molar-refractivity contribution in [2.75, 3.05) is 34.2 Å². The molecular formula is C45H73F9N10O8. The lowest BCUT2D eigenvalue weighted by Gasteiger charge is -2.44. The van der Waals surface area contributed by atoms with Gasteiger partial charge in [-0.3, -0.25) is 38.4 Å². The van der Waals surface area contributed by atoms with Crippen molar-refractivity contribution < 1.29 is 77.9 Å². The fourth-order valence-electron chi connectivity index (χ4n) is 8.29. The minimum absolute atomic E-state index is 0.120. The molecule has 27 heteroatoms. The van der Waals surface area contributed by atoms with Gasteiger partial charge in [-0.2, -0.15) is 39.5 Å². The van der Waals surface area contributed by atoms with Gasteiger partial charge in [0.05, 0.1) is 30.8 Å². The molecule has 0 aliphatic heterocycles. The zero-order chi connectivity index (χ0) is 55.3. The lowest BCUT2D eigenvalue weighted by atomic mass is 9.76. The summed E-state index contributed by atoms with van der Waals surface area (Å²) in [7, 11) is 5.11. The molecule has 0 heterocycles. The van der Waals surface area contributed by atoms with Crippen molar-refractivity contribution in [3.05, 3.63) is 0 Å². The number of likely N-dealkylation sites (N-methyl/N-ethyl adjacent to an activating group) is 2. The molecule has 8 amide bonds. The van der Waals surface area contributed by atoms with Crippen LogP contribution in [0.3, 0.4) is 0 Å². The molecule has 0 aromatic rings. The highest BCUT2D eigenvalue weighted by molar-refractivity contribution is 5.99. The van der Waals surface area contributed by atoms with E-state index >= 15 is 0 Å². The number of nitrogens with zero attached hydrogens (tertiary/aromatic N) is 1. The Bertz CT molecular complexity index is 1900. The van der Waals surface area contributed by atoms with Gasteiger partial charge >= 0.3 is 18.5 Å². The summed E-state index contributed by atoms with van der Waals surface area (Å²) >= 11 is 0. The predicted octanol–water partition coefficient (Wildman–Crippen LogP) is 3.04. The molecule has 9 N–H and O–H groups in total. The molecule has 72 heavy (non-hydrogen) atoms. The number of alkyl halides is 9. The lowest BCUT2D eigenvalue weighted by Crippen LogP contribution is -2.65. The van der Waals surface area contributed by atoms with E-state index in [9.17, 15) is 77.9 Å². The van der Waals surface area contributed by atoms with E-state index in [2.05, 4.69) is 21.3 Å². The van der Waals surface area contributed by atoms with Gasteiger partial charge in [0.25, 0.3) is 0 Å². The number of hydrogen-bond acceptors (Lipinski definition) is 10. The average Bonchev–Trinajstić information content (AvgIpc) is 3.20. The maximum atomic E-state index is 13.8. The maximum absolute atomic E-state index is 13.8. The van der Waals surface area contributed by atoms with Crippen LogP contribution >= 0.6 is 0 Å². The first-order valence-corrected chi connectivity index (χ1v) is 23.8. The van der Waals surface area contributed by atoms with E-state index < -0.39 is 125 Å². The van der Waals surface area contributed by atoms with Crippen LogP contribution in [-0.4, -0.2) is 151 Å². The lowest BCUT2D eigenvalue weighted by molar-refractivity contribution is -0.158. The minimum atomic E-state index is -5.33. The molecule has 0 aromatic heterocycles. The Hall–Kier alpha value is -4.95. The van der Waals surface area contributed by atoms with Gasteiger partial charge in [0.2, 0.25) is 47.3 Å². The topological polar surface area (TPSA) is 248 Å². The van der Waals surface area contributed by atoms with Gasteiger partial charge < -0.3 is 52.8 Å². The average molecular weight is 1050 g/mol. The van der Waals surface area contributed by atoms with E-state index in [1.54, 1.807) is 5.32 Å². The summed E-state index contributed by atoms with van der Waals surface area (Å²) in [6, 6.07) is -8.95. The molecule has 0 saturated heterocycles. The number of carbonyl (C=O) groups is 8. The molecule has 0 bridgehead atoms. The first-order chi connectivity index (χ1) is 32.8. The molecule has 2 unspecified atom stereocenters. The second kappa shape index (κ2) is 25.8. The first-order valence-electron chi connectivity index (χ1n) is 23.8. The van der Waals surface area contributed by atoms with Crippen molar-refractivity contribution in [1.29, 1.82) is 0 Å². The van der Waals surface area contributed by atoms with Crippen LogP contribution in [0.4, 0.5) is 39.5 Å². The van der Waals surface area contributed by atoms with E-state index in [4.69, 9.17) is 0 Å². The van der Waals surface area contributed by atoms with Gasteiger partial charge in [-0.1, -0.05) is 32.1 Å². The van der Waals surface area contributed by atoms with Crippen molar-refractivity contribution in [2.24, 2.45) is 5.92 Å². The Morgan fingerprint density at radius 2 is 0.986 bits per heavy atom. The van der Waals surface area contributed by atoms with E-state index in [1.807, 2.05) is 34.9 Å². The molecule has 4 atom stereocenters. The van der Waals surface area contributed by atoms with Crippen molar-refractivity contribution in [2.45, 2.75) is 196 Å². The third-order valence-electron chi connectivity index (χ3n) is 12.4. The van der Waals surface area contributed by atoms with Gasteiger partial charge in [0.1, 0.15) is 34.7 Å². The van der Waals surface area contributed by atoms with E-state index in [0.29, 0.717) is 13.0 Å². The van der Waals surface area contributed by atoms with Gasteiger partial charge in [-0.05, 0) is 101 Å². The summed E-state index contributed by atoms with van der Waals surface area (Å²) in [5.74, 6) is -9.98. The van der Waals surface area contributed by atoms with Crippen LogP contribution < -0.4 is 47.9 Å². The third-order valence-corrected chi connectivity index (χ3v) is 12.4. The molecule has 0 spiro atoms. The quantitative estimate of drug-likeness (QED) is 0.0574. The SMILES string of the molecule is CNC(CCC1CCCCC1)C(=O)N[C@@H](CC(F)(F)F)C(=O)NC(C)(C)C(=O)N[C@@H](CC(F)(F)F)C(=O)NC(CC(F)(F)F)C(=O)NC(C)(C)C(=O)NC(C)(C)C(=O)NCCC(=O)NC1(CN(C)C)CCC1. The summed E-state index contributed by atoms with van der Waals surface area (Å²) < 4.78 is 124. The van der Waals surface area contributed by atoms with Crippen molar-refractivity contribution >= 4 is 47.3 Å². The van der Waals surface area contributed by atoms with Gasteiger partial charge in [0.15, 0.2) is 0 Å². The van der Waals surface area contributed by atoms with Crippen LogP contribution in [0, 0.1) is 5.92 Å². The van der Waals surface area contributed by atoms with Gasteiger partial charge in [-0.25, -0.2) is 0 Å². The van der Waals surface area contributed by atoms with Crippen LogP contribution in [0.25, 0.3) is 0 Å². The molecule has 2 rings (SSSR count). The van der Waals surface area contributed by atoms with Crippen LogP contribution in [0.15, 0.2) is 0 Å². The molecule has 2 aliphatic rings. The molecule has 0 radical (unpaired) electrons. The highest BCUT2D eigenvalue weighted by atomic mass is 19.4. The second-order valence-corrected chi connectivity index (χ2v) is 20.8. The summed E-state index contributed by atoms with van der Waals surface area (Å²) in [6.45, 7) is 6.59. The third kappa shape index (κ3) is 22.0. The Morgan fingerprint density at radius 3 is 1.40 bits per heavy atom. The number of rotatable bonds is 26. The van der Waals surface area contributed by atoms with E-state index in [-0.39, 0.29) is 31.2 Å². The Morgan fingerprint density at radius 1 is 0.556 bits per heavy atom. The van der Waals surface area contributed by atoms with Gasteiger partial charge in [-0.15, -0.1) is 0 Å². The molecule has 2 fully saturated rings. The van der Waals surface area contributed by atoms with Crippen molar-refractivity contribution in [3.8, 4) is 0 Å². The fourth-order valence-corrected chi connectivity index (χ4v) is 8.29. The number of nitrogens with one attached hydrogen (secondary N) is 9. The van der Waals surface area contributed by atoms with E-state index in [1.165, 1.54) is 26.2 Å². The molecule has 414 valence electrons. The monoisotopic (exact) mass is 1050 g/mol. The van der Waals surface area contributed by atoms with Crippen molar-refractivity contribution in [1.82, 2.24) is 52.8 Å². The largest absolute Gasteiger partial charge is 0.391 e. The molecule has 18 nitrogen and oxygen atoms in total. The molecule has 0 aromatic carbocycles. The Labute approximate surface area is 413 Å². The zero-order valence-electron chi connectivity index (χ0n) is 42.3. The summed E-state index contributed by atoms with van der Waals surface area (Å²) in [5.41, 5.74) is -6.79. The van der Waals surface area contributed by atoms with Crippen LogP contribution in [-0.2, 0) is 38.4 Å². The van der Waals surface area contributed by atoms with Crippen LogP contribution in [0.1, 0.15) is 131 Å². The highest BCUT2D eigenvalue weighted by Gasteiger charge is 2.46. The summed E-state index contributed by atoms with van der Waals surface area (Å²) in [4.78, 5) is 108. The normalized spacial score (nSPS) is 17.5. The standard InChI is InChI=1S/C45H73F9N10O8/c1-39(2,36(70)56-21-18-31(65)60-42(19-13-20-42)25-64(8)9)63-38(72)41(5,6)62-35(69)30(24-45(52,53)54)58-33(67)28(22-43(46,47)48)59-37(71)40(3,4)61-34(68)29(23-44(49,50)51)57-32(66)27(55-7)17-16-26-14-11-10-12-15-26/h26-30,55H,10-25H2,1-9H3,(H,56,70)(H,57,66)(H,58,67)(H,59,71)(H,60,65)(H,61,68)(H,62,69)(H,63,72)/t27?,28-,29-,30?/m0/s1. The molecule has 2 saturated carbocycles. The fraction of sp³-hybridized carbons (Fsp3) is 0.822. The van der Waals surface area contributed by atoms with Crippen LogP contribution in [0.5, 0.6) is 0 Å². The van der Waals surface area contributed by atoms with Gasteiger partial charge in [0, 0.05) is 19.5 Å². The zero-order valence-corrected chi connectivity index (χ0v) is 42.3. The van der Waals surface area contributed by atoms with Crippen LogP contribution in [0.2, 0.25) is 0 Å². The second-order valence-electron chi connectivity index (χ2n) is 20.8. The Balaban J connectivity index is 2.19. The number of amides is 8. The number of carbonyl (C=O) groups excluding carboxylic acids is 8. The maximum Gasteiger partial charge on any atom is 0.391 e.